The van der Waals surface area contributed by atoms with Gasteiger partial charge in [0, 0.05) is 0 Å². The zero-order chi connectivity index (χ0) is 8.34. The lowest BCUT2D eigenvalue weighted by Gasteiger charge is -2.13. The number of hydrogen-bond donors (Lipinski definition) is 0. The Morgan fingerprint density at radius 2 is 2.33 bits per heavy atom. The Labute approximate surface area is 68.1 Å². The molecule has 0 amide bonds. The summed E-state index contributed by atoms with van der Waals surface area (Å²) >= 11 is 0. The maximum absolute atomic E-state index is 11.2. The number of fused-ring (bicyclic) bond motifs is 1. The lowest BCUT2D eigenvalue weighted by atomic mass is 9.89. The topological polar surface area (TPSA) is 52.6 Å². The summed E-state index contributed by atoms with van der Waals surface area (Å²) in [6, 6.07) is 0. The van der Waals surface area contributed by atoms with Crippen molar-refractivity contribution in [2.24, 2.45) is 0 Å². The summed E-state index contributed by atoms with van der Waals surface area (Å²) in [6.07, 6.45) is 3.06. The van der Waals surface area contributed by atoms with Crippen LogP contribution in [-0.4, -0.2) is 23.6 Å². The van der Waals surface area contributed by atoms with Crippen LogP contribution in [0.5, 0.6) is 0 Å². The quantitative estimate of drug-likeness (QED) is 0.373. The van der Waals surface area contributed by atoms with E-state index in [1.807, 2.05) is 0 Å². The number of rotatable bonds is 0. The molecule has 3 heterocycles. The highest BCUT2D eigenvalue weighted by molar-refractivity contribution is 6.13. The van der Waals surface area contributed by atoms with Crippen LogP contribution in [0.3, 0.4) is 0 Å². The van der Waals surface area contributed by atoms with Crippen LogP contribution in [0.25, 0.3) is 0 Å². The minimum absolute atomic E-state index is 0.0446. The van der Waals surface area contributed by atoms with Gasteiger partial charge in [-0.3, -0.25) is 0 Å². The van der Waals surface area contributed by atoms with Crippen molar-refractivity contribution in [3.8, 4) is 0 Å². The molecule has 62 valence electrons. The third kappa shape index (κ3) is 0.474. The van der Waals surface area contributed by atoms with Crippen molar-refractivity contribution in [2.75, 3.05) is 0 Å². The molecule has 1 spiro atoms. The first-order chi connectivity index (χ1) is 5.72. The summed E-state index contributed by atoms with van der Waals surface area (Å²) < 4.78 is 9.86. The summed E-state index contributed by atoms with van der Waals surface area (Å²) in [6.45, 7) is 0. The largest absolute Gasteiger partial charge is 0.387 e. The molecular formula is C8H6O4. The maximum atomic E-state index is 11.2. The number of hydrogen-bond acceptors (Lipinski definition) is 4. The minimum Gasteiger partial charge on any atom is -0.387 e. The zero-order valence-corrected chi connectivity index (χ0v) is 6.20. The van der Waals surface area contributed by atoms with Gasteiger partial charge in [-0.25, -0.2) is 9.59 Å². The molecule has 3 rings (SSSR count). The molecule has 2 bridgehead atoms. The molecule has 0 aromatic carbocycles. The van der Waals surface area contributed by atoms with Gasteiger partial charge in [0.05, 0.1) is 11.7 Å². The van der Waals surface area contributed by atoms with Gasteiger partial charge < -0.3 is 9.47 Å². The van der Waals surface area contributed by atoms with E-state index >= 15 is 0 Å². The predicted molar refractivity (Wildman–Crippen MR) is 36.0 cm³/mol. The van der Waals surface area contributed by atoms with E-state index in [9.17, 15) is 9.59 Å². The Bertz CT molecular complexity index is 330. The van der Waals surface area contributed by atoms with Crippen molar-refractivity contribution in [1.82, 2.24) is 0 Å². The monoisotopic (exact) mass is 166 g/mol. The van der Waals surface area contributed by atoms with Gasteiger partial charge in [0.15, 0.2) is 5.60 Å². The normalized spacial score (nSPS) is 43.0. The summed E-state index contributed by atoms with van der Waals surface area (Å²) in [4.78, 5) is 22.3. The van der Waals surface area contributed by atoms with Crippen molar-refractivity contribution < 1.29 is 19.1 Å². The van der Waals surface area contributed by atoms with Gasteiger partial charge in [-0.1, -0.05) is 0 Å². The average Bonchev–Trinajstić information content (AvgIpc) is 2.65. The van der Waals surface area contributed by atoms with Gasteiger partial charge in [-0.15, -0.1) is 0 Å². The molecule has 0 aromatic rings. The second kappa shape index (κ2) is 1.61. The molecule has 12 heavy (non-hydrogen) atoms. The van der Waals surface area contributed by atoms with E-state index in [0.29, 0.717) is 12.0 Å². The van der Waals surface area contributed by atoms with Gasteiger partial charge in [0.25, 0.3) is 0 Å². The number of esters is 2. The van der Waals surface area contributed by atoms with Crippen LogP contribution in [0.1, 0.15) is 12.8 Å². The molecule has 2 atom stereocenters. The maximum Gasteiger partial charge on any atom is 0.351 e. The zero-order valence-electron chi connectivity index (χ0n) is 6.20. The van der Waals surface area contributed by atoms with E-state index in [4.69, 9.17) is 4.74 Å². The number of cyclic esters (lactones) is 2. The molecular weight excluding hydrogens is 160 g/mol. The molecule has 0 radical (unpaired) electrons. The summed E-state index contributed by atoms with van der Waals surface area (Å²) in [7, 11) is 0. The lowest BCUT2D eigenvalue weighted by Crippen LogP contribution is -2.33. The molecule has 4 heteroatoms. The Hall–Kier alpha value is -1.16. The number of carbonyl (C=O) groups is 2. The first-order valence-corrected chi connectivity index (χ1v) is 3.89. The molecule has 0 aliphatic carbocycles. The van der Waals surface area contributed by atoms with Crippen molar-refractivity contribution >= 4 is 11.9 Å². The fourth-order valence-corrected chi connectivity index (χ4v) is 2.07. The molecule has 0 aromatic heterocycles. The van der Waals surface area contributed by atoms with Crippen LogP contribution in [0.4, 0.5) is 0 Å². The van der Waals surface area contributed by atoms with Crippen LogP contribution in [0, 0.1) is 0 Å². The molecule has 3 aliphatic heterocycles. The third-order valence-electron chi connectivity index (χ3n) is 2.66. The van der Waals surface area contributed by atoms with Gasteiger partial charge in [0.2, 0.25) is 0 Å². The fourth-order valence-electron chi connectivity index (χ4n) is 2.07. The predicted octanol–water partition coefficient (Wildman–Crippen LogP) is -0.0724. The number of ether oxygens (including phenoxy) is 2. The Balaban J connectivity index is 2.22. The van der Waals surface area contributed by atoms with Gasteiger partial charge in [-0.05, 0) is 18.9 Å². The van der Waals surface area contributed by atoms with E-state index in [-0.39, 0.29) is 6.10 Å². The molecule has 2 saturated heterocycles. The van der Waals surface area contributed by atoms with Crippen molar-refractivity contribution in [3.63, 3.8) is 0 Å². The minimum atomic E-state index is -0.998. The smallest absolute Gasteiger partial charge is 0.351 e. The van der Waals surface area contributed by atoms with Crippen molar-refractivity contribution in [1.29, 1.82) is 0 Å². The summed E-state index contributed by atoms with van der Waals surface area (Å²) in [5, 5.41) is 0. The summed E-state index contributed by atoms with van der Waals surface area (Å²) in [5.74, 6) is -1.05. The highest BCUT2D eigenvalue weighted by atomic mass is 16.6. The summed E-state index contributed by atoms with van der Waals surface area (Å²) in [5.41, 5.74) is -0.578. The van der Waals surface area contributed by atoms with E-state index in [1.54, 1.807) is 6.08 Å². The Morgan fingerprint density at radius 1 is 1.50 bits per heavy atom. The van der Waals surface area contributed by atoms with E-state index in [2.05, 4.69) is 4.74 Å². The van der Waals surface area contributed by atoms with Crippen molar-refractivity contribution in [2.45, 2.75) is 24.5 Å². The van der Waals surface area contributed by atoms with E-state index < -0.39 is 17.5 Å². The highest BCUT2D eigenvalue weighted by Gasteiger charge is 2.62. The fraction of sp³-hybridized carbons (Fsp3) is 0.500. The molecule has 2 unspecified atom stereocenters. The number of carbonyl (C=O) groups excluding carboxylic acids is 2. The van der Waals surface area contributed by atoms with Crippen LogP contribution >= 0.6 is 0 Å². The first kappa shape index (κ1) is 6.37. The van der Waals surface area contributed by atoms with E-state index in [0.717, 1.165) is 6.42 Å². The van der Waals surface area contributed by atoms with Gasteiger partial charge in [-0.2, -0.15) is 0 Å². The van der Waals surface area contributed by atoms with Crippen molar-refractivity contribution in [3.05, 3.63) is 11.6 Å². The SMILES string of the molecule is O=C1OC(=O)C23CCC(C=C12)O3. The molecule has 3 aliphatic rings. The van der Waals surface area contributed by atoms with Crippen LogP contribution in [0.15, 0.2) is 11.6 Å². The van der Waals surface area contributed by atoms with Crippen LogP contribution in [0.2, 0.25) is 0 Å². The standard InChI is InChI=1S/C8H6O4/c9-6-5-3-4-1-2-8(5,12-4)7(10)11-6/h3-4H,1-2H2. The Morgan fingerprint density at radius 3 is 3.00 bits per heavy atom. The molecule has 4 nitrogen and oxygen atoms in total. The third-order valence-corrected chi connectivity index (χ3v) is 2.66. The molecule has 2 fully saturated rings. The van der Waals surface area contributed by atoms with Gasteiger partial charge in [0.1, 0.15) is 0 Å². The second-order valence-electron chi connectivity index (χ2n) is 3.28. The van der Waals surface area contributed by atoms with Gasteiger partial charge >= 0.3 is 11.9 Å². The lowest BCUT2D eigenvalue weighted by molar-refractivity contribution is -0.160. The average molecular weight is 166 g/mol. The van der Waals surface area contributed by atoms with E-state index in [1.165, 1.54) is 0 Å². The highest BCUT2D eigenvalue weighted by Crippen LogP contribution is 2.47. The first-order valence-electron chi connectivity index (χ1n) is 3.89. The molecule has 0 saturated carbocycles. The second-order valence-corrected chi connectivity index (χ2v) is 3.28. The van der Waals surface area contributed by atoms with Crippen LogP contribution < -0.4 is 0 Å². The van der Waals surface area contributed by atoms with Crippen LogP contribution in [-0.2, 0) is 19.1 Å². The molecule has 0 N–H and O–H groups in total. The Kier molecular flexibility index (Phi) is 0.855.